The van der Waals surface area contributed by atoms with Gasteiger partial charge in [0.15, 0.2) is 0 Å². The minimum atomic E-state index is -0.639. The van der Waals surface area contributed by atoms with E-state index in [0.29, 0.717) is 0 Å². The molecule has 0 saturated heterocycles. The molecule has 0 fully saturated rings. The van der Waals surface area contributed by atoms with Gasteiger partial charge >= 0.3 is 6.09 Å². The van der Waals surface area contributed by atoms with Crippen LogP contribution in [0.2, 0.25) is 0 Å². The molecule has 0 aromatic heterocycles. The summed E-state index contributed by atoms with van der Waals surface area (Å²) in [4.78, 5) is 17.3. The predicted octanol–water partition coefficient (Wildman–Crippen LogP) is 11.4. The SMILES string of the molecule is CCC(CC)(CC)c1cc(C)c2c(C)cc3c4c2c1OC(=O)N4C1=C(B3c2ccccc2)C2(c3cc(C(C)(C)C)ccc31)c1ccccc1-c1ccccc12. The zero-order chi connectivity index (χ0) is 38.2. The quantitative estimate of drug-likeness (QED) is 0.166. The van der Waals surface area contributed by atoms with Gasteiger partial charge in [0.05, 0.1) is 16.8 Å². The van der Waals surface area contributed by atoms with Crippen LogP contribution >= 0.6 is 0 Å². The van der Waals surface area contributed by atoms with Gasteiger partial charge in [0, 0.05) is 16.5 Å². The Morgan fingerprint density at radius 2 is 1.27 bits per heavy atom. The number of amides is 1. The number of benzene rings is 6. The van der Waals surface area contributed by atoms with Crippen LogP contribution in [0.3, 0.4) is 0 Å². The number of fused-ring (bicyclic) bond motifs is 10. The molecular weight excluding hydrogens is 669 g/mol. The number of ether oxygens (including phenoxy) is 1. The first-order valence-corrected chi connectivity index (χ1v) is 20.3. The van der Waals surface area contributed by atoms with Crippen molar-refractivity contribution in [3.63, 3.8) is 0 Å². The van der Waals surface area contributed by atoms with Crippen molar-refractivity contribution in [3.05, 3.63) is 159 Å². The molecule has 55 heavy (non-hydrogen) atoms. The maximum atomic E-state index is 15.3. The van der Waals surface area contributed by atoms with Gasteiger partial charge in [-0.2, -0.15) is 0 Å². The van der Waals surface area contributed by atoms with Crippen LogP contribution in [0.25, 0.3) is 27.6 Å². The van der Waals surface area contributed by atoms with Crippen LogP contribution in [0.4, 0.5) is 10.5 Å². The molecule has 0 N–H and O–H groups in total. The van der Waals surface area contributed by atoms with E-state index in [0.717, 1.165) is 47.3 Å². The largest absolute Gasteiger partial charge is 0.424 e. The smallest absolute Gasteiger partial charge is 0.409 e. The second-order valence-corrected chi connectivity index (χ2v) is 17.5. The molecule has 0 radical (unpaired) electrons. The second kappa shape index (κ2) is 11.6. The molecule has 0 unspecified atom stereocenters. The van der Waals surface area contributed by atoms with Crippen LogP contribution in [0, 0.1) is 13.8 Å². The number of aryl methyl sites for hydroxylation is 2. The van der Waals surface area contributed by atoms with Crippen LogP contribution in [0.5, 0.6) is 5.75 Å². The molecule has 2 aliphatic heterocycles. The van der Waals surface area contributed by atoms with Gasteiger partial charge in [-0.15, -0.1) is 0 Å². The summed E-state index contributed by atoms with van der Waals surface area (Å²) in [7, 11) is 0. The van der Waals surface area contributed by atoms with E-state index in [1.165, 1.54) is 71.9 Å². The minimum absolute atomic E-state index is 0.0801. The number of hydrogen-bond acceptors (Lipinski definition) is 2. The zero-order valence-electron chi connectivity index (χ0n) is 33.4. The topological polar surface area (TPSA) is 29.5 Å². The molecular formula is C51H48BNO2. The van der Waals surface area contributed by atoms with Crippen LogP contribution in [0.15, 0.2) is 115 Å². The third-order valence-corrected chi connectivity index (χ3v) is 14.1. The number of allylic oxidation sites excluding steroid dienone is 1. The van der Waals surface area contributed by atoms with Gasteiger partial charge in [-0.05, 0) is 105 Å². The van der Waals surface area contributed by atoms with Crippen LogP contribution in [0.1, 0.15) is 105 Å². The Hall–Kier alpha value is -5.35. The molecule has 6 aromatic carbocycles. The summed E-state index contributed by atoms with van der Waals surface area (Å²) in [6.07, 6.45) is 2.60. The van der Waals surface area contributed by atoms with E-state index >= 15 is 4.79 Å². The maximum Gasteiger partial charge on any atom is 0.424 e. The highest BCUT2D eigenvalue weighted by atomic mass is 16.6. The van der Waals surface area contributed by atoms with Gasteiger partial charge in [-0.3, -0.25) is 0 Å². The Labute approximate surface area is 326 Å². The third kappa shape index (κ3) is 4.21. The van der Waals surface area contributed by atoms with E-state index in [9.17, 15) is 0 Å². The summed E-state index contributed by atoms with van der Waals surface area (Å²) in [5.41, 5.74) is 17.1. The van der Waals surface area contributed by atoms with E-state index in [1.807, 2.05) is 4.90 Å². The molecule has 0 atom stereocenters. The van der Waals surface area contributed by atoms with Gasteiger partial charge in [0.2, 0.25) is 6.71 Å². The lowest BCUT2D eigenvalue weighted by Crippen LogP contribution is -2.56. The van der Waals surface area contributed by atoms with Crippen LogP contribution in [-0.4, -0.2) is 12.8 Å². The molecule has 1 spiro atoms. The number of carbonyl (C=O) groups excluding carboxylic acids is 1. The average Bonchev–Trinajstić information content (AvgIpc) is 3.66. The van der Waals surface area contributed by atoms with Gasteiger partial charge < -0.3 is 4.74 Å². The first-order valence-electron chi connectivity index (χ1n) is 20.3. The number of carbonyl (C=O) groups is 1. The standard InChI is InChI=1S/C51H48BNO2/c1-9-50(10-2,11-3)40-27-30(4)42-31(5)28-41-45-43(42)46(40)55-48(54)53(45)44-36-26-25-32(49(6,7)8)29-39(36)51(47(44)52(41)33-19-13-12-14-20-33)37-23-17-15-21-34(37)35-22-16-18-24-38(35)51/h12-29H,9-11H2,1-8H3. The van der Waals surface area contributed by atoms with E-state index in [-0.39, 0.29) is 23.6 Å². The lowest BCUT2D eigenvalue weighted by atomic mass is 9.30. The summed E-state index contributed by atoms with van der Waals surface area (Å²) in [5, 5.41) is 2.27. The van der Waals surface area contributed by atoms with Crippen molar-refractivity contribution in [1.82, 2.24) is 0 Å². The number of rotatable bonds is 5. The number of anilines is 1. The van der Waals surface area contributed by atoms with Gasteiger partial charge in [0.1, 0.15) is 5.75 Å². The molecule has 6 aromatic rings. The van der Waals surface area contributed by atoms with Crippen molar-refractivity contribution >= 4 is 45.9 Å². The van der Waals surface area contributed by atoms with Gasteiger partial charge in [-0.25, -0.2) is 9.69 Å². The molecule has 4 heteroatoms. The van der Waals surface area contributed by atoms with Crippen molar-refractivity contribution in [2.24, 2.45) is 0 Å². The normalized spacial score (nSPS) is 16.0. The van der Waals surface area contributed by atoms with E-state index in [1.54, 1.807) is 0 Å². The Balaban J connectivity index is 1.42. The summed E-state index contributed by atoms with van der Waals surface area (Å²) >= 11 is 0. The average molecular weight is 718 g/mol. The first kappa shape index (κ1) is 34.2. The lowest BCUT2D eigenvalue weighted by Gasteiger charge is -2.44. The fraction of sp³-hybridized carbons (Fsp3) is 0.275. The monoisotopic (exact) mass is 717 g/mol. The fourth-order valence-electron chi connectivity index (χ4n) is 11.3. The van der Waals surface area contributed by atoms with Crippen molar-refractivity contribution in [3.8, 4) is 16.9 Å². The first-order chi connectivity index (χ1) is 26.5. The number of hydrogen-bond donors (Lipinski definition) is 0. The Morgan fingerprint density at radius 1 is 0.673 bits per heavy atom. The zero-order valence-corrected chi connectivity index (χ0v) is 33.4. The predicted molar refractivity (Wildman–Crippen MR) is 230 cm³/mol. The molecule has 1 amide bonds. The molecule has 2 aliphatic carbocycles. The third-order valence-electron chi connectivity index (χ3n) is 14.1. The van der Waals surface area contributed by atoms with Crippen molar-refractivity contribution < 1.29 is 9.53 Å². The summed E-state index contributed by atoms with van der Waals surface area (Å²) in [6, 6.07) is 40.8. The van der Waals surface area contributed by atoms with Crippen LogP contribution in [-0.2, 0) is 16.2 Å². The Bertz CT molecular complexity index is 2620. The maximum absolute atomic E-state index is 15.3. The molecule has 0 saturated carbocycles. The van der Waals surface area contributed by atoms with Crippen LogP contribution < -0.4 is 20.6 Å². The van der Waals surface area contributed by atoms with E-state index in [2.05, 4.69) is 165 Å². The molecule has 272 valence electrons. The summed E-state index contributed by atoms with van der Waals surface area (Å²) < 4.78 is 6.83. The molecule has 0 bridgehead atoms. The fourth-order valence-corrected chi connectivity index (χ4v) is 11.3. The molecule has 2 heterocycles. The second-order valence-electron chi connectivity index (χ2n) is 17.5. The van der Waals surface area contributed by atoms with E-state index in [4.69, 9.17) is 4.74 Å². The highest BCUT2D eigenvalue weighted by molar-refractivity contribution is 6.94. The number of nitrogens with zero attached hydrogens (tertiary/aromatic N) is 1. The lowest BCUT2D eigenvalue weighted by molar-refractivity contribution is 0.208. The van der Waals surface area contributed by atoms with Gasteiger partial charge in [0.25, 0.3) is 0 Å². The van der Waals surface area contributed by atoms with E-state index < -0.39 is 5.41 Å². The molecule has 3 nitrogen and oxygen atoms in total. The Kier molecular flexibility index (Phi) is 7.20. The highest BCUT2D eigenvalue weighted by Gasteiger charge is 2.60. The highest BCUT2D eigenvalue weighted by Crippen LogP contribution is 2.65. The van der Waals surface area contributed by atoms with Gasteiger partial charge in [-0.1, -0.05) is 156 Å². The summed E-state index contributed by atoms with van der Waals surface area (Å²) in [5.74, 6) is 0.760. The van der Waals surface area contributed by atoms with Crippen molar-refractivity contribution in [1.29, 1.82) is 0 Å². The van der Waals surface area contributed by atoms with Crippen molar-refractivity contribution in [2.45, 2.75) is 90.9 Å². The minimum Gasteiger partial charge on any atom is -0.409 e. The Morgan fingerprint density at radius 3 is 1.89 bits per heavy atom. The molecule has 10 rings (SSSR count). The summed E-state index contributed by atoms with van der Waals surface area (Å²) in [6.45, 7) is 18.1. The molecule has 4 aliphatic rings. The van der Waals surface area contributed by atoms with Crippen molar-refractivity contribution in [2.75, 3.05) is 4.90 Å².